The van der Waals surface area contributed by atoms with E-state index in [-0.39, 0.29) is 6.10 Å². The number of aryl methyl sites for hydroxylation is 1. The molecule has 1 aromatic carbocycles. The molecule has 2 atom stereocenters. The van der Waals surface area contributed by atoms with Crippen molar-refractivity contribution in [3.63, 3.8) is 0 Å². The molecule has 0 aromatic heterocycles. The van der Waals surface area contributed by atoms with Gasteiger partial charge in [0, 0.05) is 23.8 Å². The standard InChI is InChI=1S/C14H19NO2/c1-10-6-13(8-16)4-5-14(10)15-7-12(3)17-9-11(15)2/h4-6,8,11-12H,7,9H2,1-3H3. The molecule has 0 amide bonds. The summed E-state index contributed by atoms with van der Waals surface area (Å²) in [6, 6.07) is 6.23. The van der Waals surface area contributed by atoms with E-state index in [2.05, 4.69) is 25.7 Å². The molecule has 3 nitrogen and oxygen atoms in total. The third kappa shape index (κ3) is 2.50. The summed E-state index contributed by atoms with van der Waals surface area (Å²) in [5, 5.41) is 0. The van der Waals surface area contributed by atoms with E-state index in [1.807, 2.05) is 18.2 Å². The molecule has 1 heterocycles. The number of carbonyl (C=O) groups is 1. The van der Waals surface area contributed by atoms with E-state index in [0.717, 1.165) is 30.6 Å². The minimum Gasteiger partial charge on any atom is -0.375 e. The summed E-state index contributed by atoms with van der Waals surface area (Å²) in [4.78, 5) is 13.1. The van der Waals surface area contributed by atoms with Crippen molar-refractivity contribution in [3.8, 4) is 0 Å². The van der Waals surface area contributed by atoms with Gasteiger partial charge in [-0.1, -0.05) is 0 Å². The molecule has 0 bridgehead atoms. The fraction of sp³-hybridized carbons (Fsp3) is 0.500. The molecule has 2 unspecified atom stereocenters. The quantitative estimate of drug-likeness (QED) is 0.735. The molecule has 17 heavy (non-hydrogen) atoms. The number of hydrogen-bond donors (Lipinski definition) is 0. The summed E-state index contributed by atoms with van der Waals surface area (Å²) in [7, 11) is 0. The van der Waals surface area contributed by atoms with Crippen molar-refractivity contribution in [2.75, 3.05) is 18.1 Å². The first-order valence-corrected chi connectivity index (χ1v) is 6.06. The largest absolute Gasteiger partial charge is 0.375 e. The topological polar surface area (TPSA) is 29.5 Å². The molecule has 92 valence electrons. The maximum Gasteiger partial charge on any atom is 0.150 e. The van der Waals surface area contributed by atoms with Gasteiger partial charge in [-0.25, -0.2) is 0 Å². The highest BCUT2D eigenvalue weighted by molar-refractivity contribution is 5.77. The van der Waals surface area contributed by atoms with Gasteiger partial charge >= 0.3 is 0 Å². The van der Waals surface area contributed by atoms with Crippen LogP contribution in [0.15, 0.2) is 18.2 Å². The Morgan fingerprint density at radius 2 is 2.18 bits per heavy atom. The molecule has 0 saturated carbocycles. The van der Waals surface area contributed by atoms with Crippen molar-refractivity contribution in [2.24, 2.45) is 0 Å². The number of nitrogens with zero attached hydrogens (tertiary/aromatic N) is 1. The summed E-state index contributed by atoms with van der Waals surface area (Å²) < 4.78 is 5.63. The molecule has 1 saturated heterocycles. The average molecular weight is 233 g/mol. The monoisotopic (exact) mass is 233 g/mol. The number of aldehydes is 1. The first-order valence-electron chi connectivity index (χ1n) is 6.06. The number of carbonyl (C=O) groups excluding carboxylic acids is 1. The smallest absolute Gasteiger partial charge is 0.150 e. The lowest BCUT2D eigenvalue weighted by Gasteiger charge is -2.39. The summed E-state index contributed by atoms with van der Waals surface area (Å²) in [5.41, 5.74) is 3.09. The van der Waals surface area contributed by atoms with Gasteiger partial charge in [-0.15, -0.1) is 0 Å². The maximum absolute atomic E-state index is 10.7. The van der Waals surface area contributed by atoms with Crippen LogP contribution in [0, 0.1) is 6.92 Å². The van der Waals surface area contributed by atoms with Gasteiger partial charge in [0.25, 0.3) is 0 Å². The van der Waals surface area contributed by atoms with Crippen LogP contribution in [0.4, 0.5) is 5.69 Å². The van der Waals surface area contributed by atoms with Crippen LogP contribution in [-0.4, -0.2) is 31.6 Å². The zero-order valence-electron chi connectivity index (χ0n) is 10.6. The van der Waals surface area contributed by atoms with Crippen LogP contribution in [0.3, 0.4) is 0 Å². The van der Waals surface area contributed by atoms with Crippen LogP contribution in [0.5, 0.6) is 0 Å². The molecule has 1 aromatic rings. The molecular formula is C14H19NO2. The second-order valence-electron chi connectivity index (χ2n) is 4.81. The minimum atomic E-state index is 0.261. The first kappa shape index (κ1) is 12.1. The van der Waals surface area contributed by atoms with Gasteiger partial charge in [-0.2, -0.15) is 0 Å². The number of anilines is 1. The summed E-state index contributed by atoms with van der Waals surface area (Å²) >= 11 is 0. The van der Waals surface area contributed by atoms with Crippen LogP contribution in [0.25, 0.3) is 0 Å². The SMILES string of the molecule is Cc1cc(C=O)ccc1N1CC(C)OCC1C. The molecule has 1 aliphatic heterocycles. The zero-order chi connectivity index (χ0) is 12.4. The Morgan fingerprint density at radius 1 is 1.41 bits per heavy atom. The lowest BCUT2D eigenvalue weighted by atomic mass is 10.1. The van der Waals surface area contributed by atoms with Crippen LogP contribution in [0.2, 0.25) is 0 Å². The van der Waals surface area contributed by atoms with Gasteiger partial charge < -0.3 is 9.64 Å². The fourth-order valence-corrected chi connectivity index (χ4v) is 2.31. The summed E-state index contributed by atoms with van der Waals surface area (Å²) in [6.45, 7) is 7.97. The van der Waals surface area contributed by atoms with Crippen LogP contribution < -0.4 is 4.90 Å². The number of morpholine rings is 1. The van der Waals surface area contributed by atoms with Crippen molar-refractivity contribution in [3.05, 3.63) is 29.3 Å². The van der Waals surface area contributed by atoms with Gasteiger partial charge in [0.2, 0.25) is 0 Å². The summed E-state index contributed by atoms with van der Waals surface area (Å²) in [5.74, 6) is 0. The normalized spacial score (nSPS) is 24.8. The Morgan fingerprint density at radius 3 is 2.82 bits per heavy atom. The van der Waals surface area contributed by atoms with Gasteiger partial charge in [-0.05, 0) is 44.5 Å². The van der Waals surface area contributed by atoms with E-state index in [4.69, 9.17) is 4.74 Å². The van der Waals surface area contributed by atoms with Crippen LogP contribution >= 0.6 is 0 Å². The van der Waals surface area contributed by atoms with Gasteiger partial charge in [0.05, 0.1) is 12.7 Å². The number of rotatable bonds is 2. The number of hydrogen-bond acceptors (Lipinski definition) is 3. The molecule has 2 rings (SSSR count). The van der Waals surface area contributed by atoms with Crippen LogP contribution in [0.1, 0.15) is 29.8 Å². The van der Waals surface area contributed by atoms with Gasteiger partial charge in [0.15, 0.2) is 0 Å². The Hall–Kier alpha value is -1.35. The number of ether oxygens (including phenoxy) is 1. The molecule has 0 spiro atoms. The predicted octanol–water partition coefficient (Wildman–Crippen LogP) is 2.42. The van der Waals surface area contributed by atoms with E-state index in [0.29, 0.717) is 6.04 Å². The van der Waals surface area contributed by atoms with Crippen LogP contribution in [-0.2, 0) is 4.74 Å². The van der Waals surface area contributed by atoms with Crippen molar-refractivity contribution in [2.45, 2.75) is 32.9 Å². The van der Waals surface area contributed by atoms with Crippen molar-refractivity contribution in [1.82, 2.24) is 0 Å². The van der Waals surface area contributed by atoms with Crippen molar-refractivity contribution in [1.29, 1.82) is 0 Å². The Labute approximate surface area is 102 Å². The fourth-order valence-electron chi connectivity index (χ4n) is 2.31. The van der Waals surface area contributed by atoms with Crippen molar-refractivity contribution >= 4 is 12.0 Å². The Bertz CT molecular complexity index is 417. The predicted molar refractivity (Wildman–Crippen MR) is 68.8 cm³/mol. The van der Waals surface area contributed by atoms with Gasteiger partial charge in [-0.3, -0.25) is 4.79 Å². The molecular weight excluding hydrogens is 214 g/mol. The maximum atomic E-state index is 10.7. The zero-order valence-corrected chi connectivity index (χ0v) is 10.6. The first-order chi connectivity index (χ1) is 8.11. The minimum absolute atomic E-state index is 0.261. The van der Waals surface area contributed by atoms with E-state index in [9.17, 15) is 4.79 Å². The van der Waals surface area contributed by atoms with E-state index < -0.39 is 0 Å². The van der Waals surface area contributed by atoms with Crippen molar-refractivity contribution < 1.29 is 9.53 Å². The highest BCUT2D eigenvalue weighted by Crippen LogP contribution is 2.25. The molecule has 0 aliphatic carbocycles. The summed E-state index contributed by atoms with van der Waals surface area (Å²) in [6.07, 6.45) is 1.15. The molecule has 1 fully saturated rings. The lowest BCUT2D eigenvalue weighted by Crippen LogP contribution is -2.47. The second-order valence-corrected chi connectivity index (χ2v) is 4.81. The third-order valence-electron chi connectivity index (χ3n) is 3.27. The van der Waals surface area contributed by atoms with E-state index in [1.165, 1.54) is 5.69 Å². The molecule has 1 aliphatic rings. The Kier molecular flexibility index (Phi) is 3.48. The number of benzene rings is 1. The van der Waals surface area contributed by atoms with E-state index in [1.54, 1.807) is 0 Å². The average Bonchev–Trinajstić information content (AvgIpc) is 2.32. The highest BCUT2D eigenvalue weighted by Gasteiger charge is 2.24. The highest BCUT2D eigenvalue weighted by atomic mass is 16.5. The second kappa shape index (κ2) is 4.88. The molecule has 0 radical (unpaired) electrons. The lowest BCUT2D eigenvalue weighted by molar-refractivity contribution is 0.0343. The van der Waals surface area contributed by atoms with Gasteiger partial charge in [0.1, 0.15) is 6.29 Å². The molecule has 0 N–H and O–H groups in total. The van der Waals surface area contributed by atoms with E-state index >= 15 is 0 Å². The third-order valence-corrected chi connectivity index (χ3v) is 3.27. The molecule has 3 heteroatoms. The Balaban J connectivity index is 2.29.